The van der Waals surface area contributed by atoms with Crippen LogP contribution in [0.3, 0.4) is 0 Å². The number of ether oxygens (including phenoxy) is 1. The van der Waals surface area contributed by atoms with Crippen molar-refractivity contribution >= 4 is 0 Å². The quantitative estimate of drug-likeness (QED) is 0.638. The predicted octanol–water partition coefficient (Wildman–Crippen LogP) is -0.409. The third-order valence-corrected chi connectivity index (χ3v) is 3.12. The van der Waals surface area contributed by atoms with Crippen LogP contribution in [-0.2, 0) is 4.74 Å². The lowest BCUT2D eigenvalue weighted by atomic mass is 10.2. The molecule has 2 saturated heterocycles. The van der Waals surface area contributed by atoms with Gasteiger partial charge in [0.25, 0.3) is 0 Å². The maximum Gasteiger partial charge on any atom is 0.0938 e. The molecule has 2 N–H and O–H groups in total. The van der Waals surface area contributed by atoms with E-state index < -0.39 is 12.2 Å². The van der Waals surface area contributed by atoms with E-state index in [4.69, 9.17) is 4.74 Å². The van der Waals surface area contributed by atoms with Crippen LogP contribution in [0, 0.1) is 0 Å². The van der Waals surface area contributed by atoms with Crippen molar-refractivity contribution in [3.8, 4) is 0 Å². The van der Waals surface area contributed by atoms with Crippen molar-refractivity contribution in [2.45, 2.75) is 44.2 Å². The van der Waals surface area contributed by atoms with E-state index in [0.29, 0.717) is 25.3 Å². The molecule has 2 heterocycles. The second-order valence-corrected chi connectivity index (χ2v) is 4.50. The first-order chi connectivity index (χ1) is 6.65. The first kappa shape index (κ1) is 10.4. The fraction of sp³-hybridized carbons (Fsp3) is 1.00. The molecule has 0 saturated carbocycles. The number of hydrogen-bond acceptors (Lipinski definition) is 4. The maximum absolute atomic E-state index is 9.36. The molecule has 0 aromatic heterocycles. The summed E-state index contributed by atoms with van der Waals surface area (Å²) in [7, 11) is 0. The molecule has 2 aliphatic rings. The topological polar surface area (TPSA) is 52.9 Å². The van der Waals surface area contributed by atoms with Gasteiger partial charge in [-0.25, -0.2) is 0 Å². The molecule has 14 heavy (non-hydrogen) atoms. The molecule has 4 nitrogen and oxygen atoms in total. The number of aliphatic hydroxyl groups excluding tert-OH is 2. The Labute approximate surface area is 84.5 Å². The molecule has 0 aromatic carbocycles. The standard InChI is InChI=1S/C10H19NO3/c1-7-2-3-8(14-7)4-11-5-9(12)10(13)6-11/h7-10,12-13H,2-6H2,1H3/t7?,8?,9-,10+. The van der Waals surface area contributed by atoms with E-state index in [9.17, 15) is 10.2 Å². The SMILES string of the molecule is CC1CCC(CN2C[C@@H](O)[C@@H](O)C2)O1. The molecule has 4 heteroatoms. The number of aliphatic hydroxyl groups is 2. The van der Waals surface area contributed by atoms with Gasteiger partial charge in [-0.3, -0.25) is 4.90 Å². The van der Waals surface area contributed by atoms with Gasteiger partial charge in [-0.05, 0) is 19.8 Å². The van der Waals surface area contributed by atoms with Gasteiger partial charge in [0.1, 0.15) is 0 Å². The number of β-amino-alcohol motifs (C(OH)–C–C–N with tert-alkyl or cyclic N) is 2. The summed E-state index contributed by atoms with van der Waals surface area (Å²) < 4.78 is 5.69. The Balaban J connectivity index is 1.76. The first-order valence-corrected chi connectivity index (χ1v) is 5.39. The molecule has 0 radical (unpaired) electrons. The minimum atomic E-state index is -0.575. The van der Waals surface area contributed by atoms with E-state index in [0.717, 1.165) is 19.4 Å². The van der Waals surface area contributed by atoms with E-state index in [1.165, 1.54) is 0 Å². The smallest absolute Gasteiger partial charge is 0.0938 e. The summed E-state index contributed by atoms with van der Waals surface area (Å²) in [5.74, 6) is 0. The average molecular weight is 201 g/mol. The van der Waals surface area contributed by atoms with Crippen molar-refractivity contribution in [3.05, 3.63) is 0 Å². The lowest BCUT2D eigenvalue weighted by Crippen LogP contribution is -2.31. The molecular weight excluding hydrogens is 182 g/mol. The number of likely N-dealkylation sites (tertiary alicyclic amines) is 1. The van der Waals surface area contributed by atoms with Crippen LogP contribution in [0.15, 0.2) is 0 Å². The molecule has 0 aliphatic carbocycles. The van der Waals surface area contributed by atoms with Crippen LogP contribution in [0.2, 0.25) is 0 Å². The number of nitrogens with zero attached hydrogens (tertiary/aromatic N) is 1. The average Bonchev–Trinajstić information content (AvgIpc) is 2.62. The van der Waals surface area contributed by atoms with Crippen molar-refractivity contribution in [2.24, 2.45) is 0 Å². The summed E-state index contributed by atoms with van der Waals surface area (Å²) in [6, 6.07) is 0. The zero-order chi connectivity index (χ0) is 10.1. The van der Waals surface area contributed by atoms with E-state index in [1.807, 2.05) is 0 Å². The Kier molecular flexibility index (Phi) is 3.07. The molecule has 4 atom stereocenters. The first-order valence-electron chi connectivity index (χ1n) is 5.39. The molecule has 2 fully saturated rings. The van der Waals surface area contributed by atoms with Crippen molar-refractivity contribution in [1.82, 2.24) is 4.90 Å². The van der Waals surface area contributed by atoms with Gasteiger partial charge in [0.15, 0.2) is 0 Å². The number of hydrogen-bond donors (Lipinski definition) is 2. The minimum absolute atomic E-state index is 0.294. The van der Waals surface area contributed by atoms with Crippen LogP contribution in [-0.4, -0.2) is 59.2 Å². The van der Waals surface area contributed by atoms with E-state index in [1.54, 1.807) is 0 Å². The highest BCUT2D eigenvalue weighted by Gasteiger charge is 2.32. The maximum atomic E-state index is 9.36. The Bertz CT molecular complexity index is 190. The van der Waals surface area contributed by atoms with Gasteiger partial charge in [-0.15, -0.1) is 0 Å². The monoisotopic (exact) mass is 201 g/mol. The predicted molar refractivity (Wildman–Crippen MR) is 52.0 cm³/mol. The Morgan fingerprint density at radius 3 is 2.36 bits per heavy atom. The van der Waals surface area contributed by atoms with Crippen molar-refractivity contribution in [2.75, 3.05) is 19.6 Å². The van der Waals surface area contributed by atoms with Crippen LogP contribution < -0.4 is 0 Å². The van der Waals surface area contributed by atoms with Gasteiger partial charge in [0, 0.05) is 19.6 Å². The minimum Gasteiger partial charge on any atom is -0.389 e. The molecule has 0 amide bonds. The molecule has 2 unspecified atom stereocenters. The summed E-state index contributed by atoms with van der Waals surface area (Å²) in [5.41, 5.74) is 0. The van der Waals surface area contributed by atoms with Crippen LogP contribution >= 0.6 is 0 Å². The van der Waals surface area contributed by atoms with Gasteiger partial charge in [0.2, 0.25) is 0 Å². The molecular formula is C10H19NO3. The van der Waals surface area contributed by atoms with Gasteiger partial charge in [0.05, 0.1) is 24.4 Å². The summed E-state index contributed by atoms with van der Waals surface area (Å²) >= 11 is 0. The Morgan fingerprint density at radius 1 is 1.21 bits per heavy atom. The number of rotatable bonds is 2. The summed E-state index contributed by atoms with van der Waals surface area (Å²) in [6.45, 7) is 4.09. The van der Waals surface area contributed by atoms with Crippen molar-refractivity contribution < 1.29 is 14.9 Å². The van der Waals surface area contributed by atoms with E-state index in [2.05, 4.69) is 11.8 Å². The van der Waals surface area contributed by atoms with Gasteiger partial charge in [-0.1, -0.05) is 0 Å². The molecule has 82 valence electrons. The summed E-state index contributed by atoms with van der Waals surface area (Å²) in [5, 5.41) is 18.7. The fourth-order valence-electron chi connectivity index (χ4n) is 2.30. The van der Waals surface area contributed by atoms with Crippen LogP contribution in [0.4, 0.5) is 0 Å². The highest BCUT2D eigenvalue weighted by atomic mass is 16.5. The normalized spacial score (nSPS) is 44.8. The highest BCUT2D eigenvalue weighted by Crippen LogP contribution is 2.21. The molecule has 0 bridgehead atoms. The summed E-state index contributed by atoms with van der Waals surface area (Å²) in [6.07, 6.45) is 1.75. The molecule has 0 aromatic rings. The highest BCUT2D eigenvalue weighted by molar-refractivity contribution is 4.85. The third kappa shape index (κ3) is 2.25. The molecule has 0 spiro atoms. The second-order valence-electron chi connectivity index (χ2n) is 4.50. The van der Waals surface area contributed by atoms with Crippen molar-refractivity contribution in [3.63, 3.8) is 0 Å². The zero-order valence-corrected chi connectivity index (χ0v) is 8.59. The van der Waals surface area contributed by atoms with Crippen LogP contribution in [0.1, 0.15) is 19.8 Å². The molecule has 2 aliphatic heterocycles. The Morgan fingerprint density at radius 2 is 1.86 bits per heavy atom. The van der Waals surface area contributed by atoms with Gasteiger partial charge >= 0.3 is 0 Å². The van der Waals surface area contributed by atoms with Crippen LogP contribution in [0.25, 0.3) is 0 Å². The van der Waals surface area contributed by atoms with Gasteiger partial charge in [-0.2, -0.15) is 0 Å². The lowest BCUT2D eigenvalue weighted by Gasteiger charge is -2.19. The van der Waals surface area contributed by atoms with Crippen molar-refractivity contribution in [1.29, 1.82) is 0 Å². The van der Waals surface area contributed by atoms with E-state index in [-0.39, 0.29) is 0 Å². The fourth-order valence-corrected chi connectivity index (χ4v) is 2.30. The van der Waals surface area contributed by atoms with E-state index >= 15 is 0 Å². The third-order valence-electron chi connectivity index (χ3n) is 3.12. The van der Waals surface area contributed by atoms with Crippen LogP contribution in [0.5, 0.6) is 0 Å². The zero-order valence-electron chi connectivity index (χ0n) is 8.59. The Hall–Kier alpha value is -0.160. The largest absolute Gasteiger partial charge is 0.389 e. The second kappa shape index (κ2) is 4.14. The summed E-state index contributed by atoms with van der Waals surface area (Å²) in [4.78, 5) is 2.08. The van der Waals surface area contributed by atoms with Gasteiger partial charge < -0.3 is 14.9 Å². The lowest BCUT2D eigenvalue weighted by molar-refractivity contribution is 0.0335. The molecule has 2 rings (SSSR count).